The van der Waals surface area contributed by atoms with Crippen molar-refractivity contribution in [1.82, 2.24) is 5.32 Å². The van der Waals surface area contributed by atoms with Crippen LogP contribution in [-0.4, -0.2) is 22.8 Å². The van der Waals surface area contributed by atoms with Gasteiger partial charge in [0.25, 0.3) is 11.8 Å². The molecule has 0 spiro atoms. The van der Waals surface area contributed by atoms with E-state index < -0.39 is 11.8 Å². The van der Waals surface area contributed by atoms with E-state index in [1.165, 1.54) is 6.07 Å². The summed E-state index contributed by atoms with van der Waals surface area (Å²) in [5.74, 6) is -0.953. The zero-order chi connectivity index (χ0) is 20.3. The SMILES string of the molecule is CCCCC(=O)NC(=S)Nc1ccc(N2C(=O)c3ccccc3C2=O)cc1Cl. The number of rotatable bonds is 5. The van der Waals surface area contributed by atoms with Crippen LogP contribution in [0.4, 0.5) is 11.4 Å². The van der Waals surface area contributed by atoms with Crippen molar-refractivity contribution in [3.8, 4) is 0 Å². The Morgan fingerprint density at radius 3 is 2.32 bits per heavy atom. The van der Waals surface area contributed by atoms with E-state index in [1.54, 1.807) is 36.4 Å². The lowest BCUT2D eigenvalue weighted by Gasteiger charge is -2.16. The summed E-state index contributed by atoms with van der Waals surface area (Å²) in [5.41, 5.74) is 1.55. The van der Waals surface area contributed by atoms with E-state index in [9.17, 15) is 14.4 Å². The summed E-state index contributed by atoms with van der Waals surface area (Å²) in [6, 6.07) is 11.4. The van der Waals surface area contributed by atoms with Crippen molar-refractivity contribution in [3.05, 3.63) is 58.6 Å². The Labute approximate surface area is 172 Å². The molecule has 8 heteroatoms. The molecule has 1 heterocycles. The predicted octanol–water partition coefficient (Wildman–Crippen LogP) is 4.14. The number of carbonyl (C=O) groups is 3. The highest BCUT2D eigenvalue weighted by molar-refractivity contribution is 7.80. The van der Waals surface area contributed by atoms with E-state index in [2.05, 4.69) is 10.6 Å². The Kier molecular flexibility index (Phi) is 6.06. The van der Waals surface area contributed by atoms with Gasteiger partial charge < -0.3 is 10.6 Å². The van der Waals surface area contributed by atoms with Gasteiger partial charge in [-0.15, -0.1) is 0 Å². The monoisotopic (exact) mass is 415 g/mol. The zero-order valence-corrected chi connectivity index (χ0v) is 16.7. The molecule has 2 aromatic carbocycles. The molecule has 0 unspecified atom stereocenters. The van der Waals surface area contributed by atoms with Crippen molar-refractivity contribution >= 4 is 58.0 Å². The molecule has 6 nitrogen and oxygen atoms in total. The third kappa shape index (κ3) is 4.05. The molecule has 2 aromatic rings. The van der Waals surface area contributed by atoms with Crippen LogP contribution in [-0.2, 0) is 4.79 Å². The van der Waals surface area contributed by atoms with Gasteiger partial charge in [0.15, 0.2) is 5.11 Å². The maximum atomic E-state index is 12.6. The summed E-state index contributed by atoms with van der Waals surface area (Å²) in [6.07, 6.45) is 2.09. The minimum absolute atomic E-state index is 0.136. The van der Waals surface area contributed by atoms with Crippen LogP contribution >= 0.6 is 23.8 Å². The van der Waals surface area contributed by atoms with Crippen LogP contribution in [0.25, 0.3) is 0 Å². The fourth-order valence-electron chi connectivity index (χ4n) is 2.85. The number of thiocarbonyl (C=S) groups is 1. The Bertz CT molecular complexity index is 942. The van der Waals surface area contributed by atoms with Crippen molar-refractivity contribution in [2.45, 2.75) is 26.2 Å². The zero-order valence-electron chi connectivity index (χ0n) is 15.1. The number of hydrogen-bond donors (Lipinski definition) is 2. The number of hydrogen-bond acceptors (Lipinski definition) is 4. The van der Waals surface area contributed by atoms with Gasteiger partial charge >= 0.3 is 0 Å². The first-order valence-corrected chi connectivity index (χ1v) is 9.59. The standard InChI is InChI=1S/C20H18ClN3O3S/c1-2-3-8-17(25)23-20(28)22-16-10-9-12(11-15(16)21)24-18(26)13-6-4-5-7-14(13)19(24)27/h4-7,9-11H,2-3,8H2,1H3,(H2,22,23,25,28). The molecule has 0 saturated carbocycles. The number of unbranched alkanes of at least 4 members (excludes halogenated alkanes) is 1. The smallest absolute Gasteiger partial charge is 0.266 e. The summed E-state index contributed by atoms with van der Waals surface area (Å²) in [6.45, 7) is 2.00. The van der Waals surface area contributed by atoms with Gasteiger partial charge in [-0.3, -0.25) is 14.4 Å². The third-order valence-corrected chi connectivity index (χ3v) is 4.78. The molecule has 0 bridgehead atoms. The molecule has 0 aromatic heterocycles. The van der Waals surface area contributed by atoms with Crippen LogP contribution in [0.5, 0.6) is 0 Å². The fraction of sp³-hybridized carbons (Fsp3) is 0.200. The molecule has 2 N–H and O–H groups in total. The molecule has 0 fully saturated rings. The van der Waals surface area contributed by atoms with Crippen molar-refractivity contribution in [2.24, 2.45) is 0 Å². The number of nitrogens with zero attached hydrogens (tertiary/aromatic N) is 1. The normalized spacial score (nSPS) is 12.7. The number of imide groups is 1. The van der Waals surface area contributed by atoms with Crippen molar-refractivity contribution in [3.63, 3.8) is 0 Å². The van der Waals surface area contributed by atoms with Crippen LogP contribution in [0.1, 0.15) is 46.9 Å². The van der Waals surface area contributed by atoms with E-state index in [0.29, 0.717) is 28.9 Å². The van der Waals surface area contributed by atoms with Crippen LogP contribution in [0, 0.1) is 0 Å². The summed E-state index contributed by atoms with van der Waals surface area (Å²) in [5, 5.41) is 5.84. The number of benzene rings is 2. The van der Waals surface area contributed by atoms with Crippen LogP contribution < -0.4 is 15.5 Å². The fourth-order valence-corrected chi connectivity index (χ4v) is 3.29. The molecule has 1 aliphatic rings. The molecular weight excluding hydrogens is 398 g/mol. The van der Waals surface area contributed by atoms with Gasteiger partial charge in [-0.1, -0.05) is 37.1 Å². The van der Waals surface area contributed by atoms with E-state index in [-0.39, 0.29) is 16.0 Å². The molecule has 0 saturated heterocycles. The molecule has 0 atom stereocenters. The molecule has 28 heavy (non-hydrogen) atoms. The van der Waals surface area contributed by atoms with Gasteiger partial charge in [-0.25, -0.2) is 4.90 Å². The van der Waals surface area contributed by atoms with E-state index in [4.69, 9.17) is 23.8 Å². The lowest BCUT2D eigenvalue weighted by molar-refractivity contribution is -0.119. The van der Waals surface area contributed by atoms with Gasteiger partial charge in [0.1, 0.15) is 0 Å². The molecular formula is C20H18ClN3O3S. The summed E-state index contributed by atoms with van der Waals surface area (Å²) < 4.78 is 0. The topological polar surface area (TPSA) is 78.5 Å². The predicted molar refractivity (Wildman–Crippen MR) is 113 cm³/mol. The number of nitrogens with one attached hydrogen (secondary N) is 2. The van der Waals surface area contributed by atoms with Gasteiger partial charge in [0, 0.05) is 6.42 Å². The van der Waals surface area contributed by atoms with Gasteiger partial charge in [-0.05, 0) is 49.0 Å². The second-order valence-corrected chi connectivity index (χ2v) is 7.08. The largest absolute Gasteiger partial charge is 0.331 e. The average molecular weight is 416 g/mol. The summed E-state index contributed by atoms with van der Waals surface area (Å²) in [7, 11) is 0. The number of amides is 3. The third-order valence-electron chi connectivity index (χ3n) is 4.26. The van der Waals surface area contributed by atoms with Crippen LogP contribution in [0.15, 0.2) is 42.5 Å². The van der Waals surface area contributed by atoms with E-state index in [0.717, 1.165) is 17.7 Å². The molecule has 1 aliphatic heterocycles. The van der Waals surface area contributed by atoms with Gasteiger partial charge in [0.05, 0.1) is 27.5 Å². The number of fused-ring (bicyclic) bond motifs is 1. The molecule has 144 valence electrons. The van der Waals surface area contributed by atoms with E-state index >= 15 is 0 Å². The maximum Gasteiger partial charge on any atom is 0.266 e. The highest BCUT2D eigenvalue weighted by Crippen LogP contribution is 2.32. The highest BCUT2D eigenvalue weighted by atomic mass is 35.5. The average Bonchev–Trinajstić information content (AvgIpc) is 2.93. The van der Waals surface area contributed by atoms with Crippen molar-refractivity contribution < 1.29 is 14.4 Å². The first-order chi connectivity index (χ1) is 13.4. The quantitative estimate of drug-likeness (QED) is 0.566. The summed E-state index contributed by atoms with van der Waals surface area (Å²) in [4.78, 5) is 38.0. The Hall–Kier alpha value is -2.77. The molecule has 3 rings (SSSR count). The second-order valence-electron chi connectivity index (χ2n) is 6.26. The first kappa shape index (κ1) is 20.0. The molecule has 0 aliphatic carbocycles. The number of carbonyl (C=O) groups excluding carboxylic acids is 3. The minimum atomic E-state index is -0.393. The van der Waals surface area contributed by atoms with Crippen molar-refractivity contribution in [2.75, 3.05) is 10.2 Å². The number of halogens is 1. The Morgan fingerprint density at radius 2 is 1.75 bits per heavy atom. The molecule has 0 radical (unpaired) electrons. The van der Waals surface area contributed by atoms with Gasteiger partial charge in [-0.2, -0.15) is 0 Å². The Balaban J connectivity index is 1.73. The van der Waals surface area contributed by atoms with Crippen LogP contribution in [0.3, 0.4) is 0 Å². The number of anilines is 2. The lowest BCUT2D eigenvalue weighted by atomic mass is 10.1. The molecule has 3 amide bonds. The van der Waals surface area contributed by atoms with E-state index in [1.807, 2.05) is 6.92 Å². The lowest BCUT2D eigenvalue weighted by Crippen LogP contribution is -2.34. The minimum Gasteiger partial charge on any atom is -0.331 e. The summed E-state index contributed by atoms with van der Waals surface area (Å²) >= 11 is 11.4. The van der Waals surface area contributed by atoms with Crippen molar-refractivity contribution in [1.29, 1.82) is 0 Å². The second kappa shape index (κ2) is 8.50. The van der Waals surface area contributed by atoms with Gasteiger partial charge in [0.2, 0.25) is 5.91 Å². The van der Waals surface area contributed by atoms with Crippen LogP contribution in [0.2, 0.25) is 5.02 Å². The Morgan fingerprint density at radius 1 is 1.11 bits per heavy atom. The highest BCUT2D eigenvalue weighted by Gasteiger charge is 2.36. The first-order valence-electron chi connectivity index (χ1n) is 8.80. The maximum absolute atomic E-state index is 12.6.